The lowest BCUT2D eigenvalue weighted by Gasteiger charge is -2.31. The molecule has 1 aliphatic rings. The van der Waals surface area contributed by atoms with Crippen LogP contribution in [0.15, 0.2) is 23.0 Å². The maximum absolute atomic E-state index is 12.0. The van der Waals surface area contributed by atoms with Gasteiger partial charge in [-0.3, -0.25) is 9.59 Å². The molecular formula is C14H20N2O2. The molecule has 1 heterocycles. The lowest BCUT2D eigenvalue weighted by molar-refractivity contribution is 0.0906. The number of carbonyl (C=O) groups excluding carboxylic acids is 1. The van der Waals surface area contributed by atoms with Gasteiger partial charge in [0.15, 0.2) is 0 Å². The molecule has 0 bridgehead atoms. The summed E-state index contributed by atoms with van der Waals surface area (Å²) in [5, 5.41) is 3.01. The first-order valence-electron chi connectivity index (χ1n) is 6.55. The number of aromatic nitrogens is 1. The Morgan fingerprint density at radius 1 is 1.22 bits per heavy atom. The number of hydrogen-bond acceptors (Lipinski definition) is 2. The molecule has 1 fully saturated rings. The van der Waals surface area contributed by atoms with E-state index in [-0.39, 0.29) is 17.5 Å². The van der Waals surface area contributed by atoms with Gasteiger partial charge in [-0.15, -0.1) is 0 Å². The van der Waals surface area contributed by atoms with Gasteiger partial charge in [0.25, 0.3) is 5.91 Å². The van der Waals surface area contributed by atoms with Crippen molar-refractivity contribution in [1.82, 2.24) is 10.3 Å². The zero-order valence-corrected chi connectivity index (χ0v) is 10.9. The Kier molecular flexibility index (Phi) is 3.84. The van der Waals surface area contributed by atoms with Crippen LogP contribution in [0.2, 0.25) is 0 Å². The maximum Gasteiger partial charge on any atom is 0.268 e. The monoisotopic (exact) mass is 248 g/mol. The molecule has 2 unspecified atom stereocenters. The average Bonchev–Trinajstić information content (AvgIpc) is 2.27. The maximum atomic E-state index is 12.0. The Morgan fingerprint density at radius 2 is 1.89 bits per heavy atom. The molecule has 2 N–H and O–H groups in total. The Morgan fingerprint density at radius 3 is 2.50 bits per heavy atom. The van der Waals surface area contributed by atoms with E-state index >= 15 is 0 Å². The van der Waals surface area contributed by atoms with Gasteiger partial charge in [0.1, 0.15) is 5.69 Å². The topological polar surface area (TPSA) is 62.0 Å². The van der Waals surface area contributed by atoms with Gasteiger partial charge in [0, 0.05) is 12.1 Å². The summed E-state index contributed by atoms with van der Waals surface area (Å²) in [6.07, 6.45) is 3.27. The molecule has 2 atom stereocenters. The van der Waals surface area contributed by atoms with Crippen molar-refractivity contribution in [2.24, 2.45) is 11.8 Å². The molecular weight excluding hydrogens is 228 g/mol. The second kappa shape index (κ2) is 5.38. The molecule has 0 radical (unpaired) electrons. The van der Waals surface area contributed by atoms with Gasteiger partial charge in [0.05, 0.1) is 0 Å². The molecule has 4 heteroatoms. The fourth-order valence-corrected chi connectivity index (χ4v) is 2.91. The highest BCUT2D eigenvalue weighted by atomic mass is 16.2. The van der Waals surface area contributed by atoms with E-state index in [9.17, 15) is 9.59 Å². The van der Waals surface area contributed by atoms with Gasteiger partial charge in [0.2, 0.25) is 5.56 Å². The second-order valence-electron chi connectivity index (χ2n) is 5.52. The first-order valence-corrected chi connectivity index (χ1v) is 6.55. The van der Waals surface area contributed by atoms with Gasteiger partial charge in [-0.1, -0.05) is 19.9 Å². The Bertz CT molecular complexity index is 471. The van der Waals surface area contributed by atoms with Crippen LogP contribution in [0.3, 0.4) is 0 Å². The molecule has 0 spiro atoms. The van der Waals surface area contributed by atoms with E-state index in [1.54, 1.807) is 12.1 Å². The van der Waals surface area contributed by atoms with Crippen molar-refractivity contribution in [3.05, 3.63) is 34.2 Å². The molecule has 4 nitrogen and oxygen atoms in total. The third kappa shape index (κ3) is 3.22. The first-order chi connectivity index (χ1) is 8.54. The molecule has 1 aromatic rings. The Balaban J connectivity index is 2.01. The second-order valence-corrected chi connectivity index (χ2v) is 5.52. The summed E-state index contributed by atoms with van der Waals surface area (Å²) in [7, 11) is 0. The SMILES string of the molecule is CC1CC(C)CC(NC(=O)c2cccc(=O)[nH]2)C1. The number of H-pyrrole nitrogens is 1. The smallest absolute Gasteiger partial charge is 0.268 e. The van der Waals surface area contributed by atoms with Gasteiger partial charge < -0.3 is 10.3 Å². The zero-order chi connectivity index (χ0) is 13.1. The number of pyridine rings is 1. The van der Waals surface area contributed by atoms with Crippen LogP contribution >= 0.6 is 0 Å². The molecule has 98 valence electrons. The minimum Gasteiger partial charge on any atom is -0.348 e. The van der Waals surface area contributed by atoms with Crippen molar-refractivity contribution in [2.45, 2.75) is 39.2 Å². The number of amides is 1. The van der Waals surface area contributed by atoms with Crippen LogP contribution in [-0.4, -0.2) is 16.9 Å². The number of nitrogens with one attached hydrogen (secondary N) is 2. The van der Waals surface area contributed by atoms with E-state index in [1.807, 2.05) is 0 Å². The van der Waals surface area contributed by atoms with Crippen molar-refractivity contribution in [3.63, 3.8) is 0 Å². The van der Waals surface area contributed by atoms with Gasteiger partial charge in [-0.25, -0.2) is 0 Å². The summed E-state index contributed by atoms with van der Waals surface area (Å²) in [6.45, 7) is 4.44. The van der Waals surface area contributed by atoms with Crippen molar-refractivity contribution < 1.29 is 4.79 Å². The number of hydrogen-bond donors (Lipinski definition) is 2. The van der Waals surface area contributed by atoms with Crippen LogP contribution in [0.5, 0.6) is 0 Å². The minimum atomic E-state index is -0.243. The highest BCUT2D eigenvalue weighted by Gasteiger charge is 2.25. The van der Waals surface area contributed by atoms with E-state index in [0.29, 0.717) is 17.5 Å². The summed E-state index contributed by atoms with van der Waals surface area (Å²) >= 11 is 0. The molecule has 1 amide bonds. The summed E-state index contributed by atoms with van der Waals surface area (Å²) in [4.78, 5) is 25.7. The molecule has 2 rings (SSSR count). The van der Waals surface area contributed by atoms with E-state index < -0.39 is 0 Å². The van der Waals surface area contributed by atoms with Crippen molar-refractivity contribution in [2.75, 3.05) is 0 Å². The fraction of sp³-hybridized carbons (Fsp3) is 0.571. The predicted molar refractivity (Wildman–Crippen MR) is 70.5 cm³/mol. The molecule has 1 saturated carbocycles. The van der Waals surface area contributed by atoms with Crippen LogP contribution in [0.25, 0.3) is 0 Å². The van der Waals surface area contributed by atoms with Gasteiger partial charge in [-0.2, -0.15) is 0 Å². The molecule has 0 aromatic carbocycles. The zero-order valence-electron chi connectivity index (χ0n) is 10.9. The van der Waals surface area contributed by atoms with Crippen LogP contribution in [0, 0.1) is 11.8 Å². The fourth-order valence-electron chi connectivity index (χ4n) is 2.91. The van der Waals surface area contributed by atoms with Crippen LogP contribution in [0.1, 0.15) is 43.6 Å². The summed E-state index contributed by atoms with van der Waals surface area (Å²) in [6, 6.07) is 4.85. The van der Waals surface area contributed by atoms with Crippen molar-refractivity contribution >= 4 is 5.91 Å². The highest BCUT2D eigenvalue weighted by Crippen LogP contribution is 2.28. The number of aromatic amines is 1. The summed E-state index contributed by atoms with van der Waals surface area (Å²) in [5.41, 5.74) is 0.0985. The van der Waals surface area contributed by atoms with Gasteiger partial charge >= 0.3 is 0 Å². The van der Waals surface area contributed by atoms with Crippen LogP contribution < -0.4 is 10.9 Å². The summed E-state index contributed by atoms with van der Waals surface area (Å²) in [5.74, 6) is 1.11. The molecule has 1 aromatic heterocycles. The first kappa shape index (κ1) is 12.9. The van der Waals surface area contributed by atoms with Crippen molar-refractivity contribution in [3.8, 4) is 0 Å². The number of carbonyl (C=O) groups is 1. The molecule has 0 aliphatic heterocycles. The highest BCUT2D eigenvalue weighted by molar-refractivity contribution is 5.92. The van der Waals surface area contributed by atoms with E-state index in [1.165, 1.54) is 12.5 Å². The standard InChI is InChI=1S/C14H20N2O2/c1-9-6-10(2)8-11(7-9)15-14(18)12-4-3-5-13(17)16-12/h3-5,9-11H,6-8H2,1-2H3,(H,15,18)(H,16,17). The third-order valence-corrected chi connectivity index (χ3v) is 3.53. The molecule has 1 aliphatic carbocycles. The third-order valence-electron chi connectivity index (χ3n) is 3.53. The Hall–Kier alpha value is -1.58. The normalized spacial score (nSPS) is 27.8. The largest absolute Gasteiger partial charge is 0.348 e. The van der Waals surface area contributed by atoms with Crippen LogP contribution in [-0.2, 0) is 0 Å². The van der Waals surface area contributed by atoms with E-state index in [0.717, 1.165) is 12.8 Å². The van der Waals surface area contributed by atoms with Gasteiger partial charge in [-0.05, 0) is 37.2 Å². The van der Waals surface area contributed by atoms with E-state index in [4.69, 9.17) is 0 Å². The predicted octanol–water partition coefficient (Wildman–Crippen LogP) is 1.93. The quantitative estimate of drug-likeness (QED) is 0.840. The average molecular weight is 248 g/mol. The summed E-state index contributed by atoms with van der Waals surface area (Å²) < 4.78 is 0. The van der Waals surface area contributed by atoms with Crippen LogP contribution in [0.4, 0.5) is 0 Å². The lowest BCUT2D eigenvalue weighted by Crippen LogP contribution is -2.40. The number of rotatable bonds is 2. The molecule has 0 saturated heterocycles. The lowest BCUT2D eigenvalue weighted by atomic mass is 9.80. The molecule has 18 heavy (non-hydrogen) atoms. The minimum absolute atomic E-state index is 0.181. The van der Waals surface area contributed by atoms with E-state index in [2.05, 4.69) is 24.1 Å². The van der Waals surface area contributed by atoms with Crippen molar-refractivity contribution in [1.29, 1.82) is 0 Å². The Labute approximate surface area is 107 Å².